The van der Waals surface area contributed by atoms with E-state index in [0.717, 1.165) is 10.2 Å². The Morgan fingerprint density at radius 3 is 2.76 bits per heavy atom. The molecule has 4 nitrogen and oxygen atoms in total. The van der Waals surface area contributed by atoms with E-state index in [-0.39, 0.29) is 11.9 Å². The van der Waals surface area contributed by atoms with Gasteiger partial charge in [-0.05, 0) is 34.8 Å². The maximum atomic E-state index is 11.8. The van der Waals surface area contributed by atoms with Gasteiger partial charge in [0.2, 0.25) is 5.91 Å². The van der Waals surface area contributed by atoms with E-state index < -0.39 is 0 Å². The summed E-state index contributed by atoms with van der Waals surface area (Å²) < 4.78 is 0.850. The van der Waals surface area contributed by atoms with Gasteiger partial charge in [-0.25, -0.2) is 0 Å². The van der Waals surface area contributed by atoms with E-state index in [1.54, 1.807) is 12.4 Å². The molecular weight excluding hydrogens is 282 g/mol. The molecule has 1 aromatic heterocycles. The summed E-state index contributed by atoms with van der Waals surface area (Å²) in [4.78, 5) is 15.7. The number of hydrogen-bond acceptors (Lipinski definition) is 3. The first-order chi connectivity index (χ1) is 8.00. The van der Waals surface area contributed by atoms with Gasteiger partial charge in [0.25, 0.3) is 0 Å². The first-order valence-electron chi connectivity index (χ1n) is 5.64. The standard InChI is InChI=1S/C12H18BrN3O/c1-8(2)6-15-12(17)9(3)16-11-4-5-14-7-10(11)13/h4-5,7-9H,6H2,1-3H3,(H,14,16)(H,15,17). The minimum Gasteiger partial charge on any atom is -0.373 e. The molecule has 94 valence electrons. The summed E-state index contributed by atoms with van der Waals surface area (Å²) in [5.41, 5.74) is 0.868. The van der Waals surface area contributed by atoms with Gasteiger partial charge in [0.1, 0.15) is 6.04 Å². The van der Waals surface area contributed by atoms with E-state index in [2.05, 4.69) is 45.4 Å². The van der Waals surface area contributed by atoms with Gasteiger partial charge in [-0.2, -0.15) is 0 Å². The van der Waals surface area contributed by atoms with Gasteiger partial charge in [-0.1, -0.05) is 13.8 Å². The van der Waals surface area contributed by atoms with Crippen molar-refractivity contribution in [2.24, 2.45) is 5.92 Å². The zero-order valence-electron chi connectivity index (χ0n) is 10.3. The lowest BCUT2D eigenvalue weighted by atomic mass is 10.2. The van der Waals surface area contributed by atoms with Crippen LogP contribution in [-0.2, 0) is 4.79 Å². The van der Waals surface area contributed by atoms with E-state index in [0.29, 0.717) is 12.5 Å². The predicted octanol–water partition coefficient (Wildman–Crippen LogP) is 2.42. The van der Waals surface area contributed by atoms with Crippen LogP contribution < -0.4 is 10.6 Å². The highest BCUT2D eigenvalue weighted by atomic mass is 79.9. The van der Waals surface area contributed by atoms with Gasteiger partial charge in [0.05, 0.1) is 10.2 Å². The first-order valence-corrected chi connectivity index (χ1v) is 6.43. The molecule has 0 saturated heterocycles. The summed E-state index contributed by atoms with van der Waals surface area (Å²) in [5.74, 6) is 0.459. The predicted molar refractivity (Wildman–Crippen MR) is 72.9 cm³/mol. The number of nitrogens with zero attached hydrogens (tertiary/aromatic N) is 1. The summed E-state index contributed by atoms with van der Waals surface area (Å²) >= 11 is 3.38. The monoisotopic (exact) mass is 299 g/mol. The second kappa shape index (κ2) is 6.59. The van der Waals surface area contributed by atoms with Crippen LogP contribution in [0.15, 0.2) is 22.9 Å². The third-order valence-electron chi connectivity index (χ3n) is 2.22. The Kier molecular flexibility index (Phi) is 5.41. The van der Waals surface area contributed by atoms with E-state index in [1.165, 1.54) is 0 Å². The quantitative estimate of drug-likeness (QED) is 0.878. The van der Waals surface area contributed by atoms with Crippen LogP contribution >= 0.6 is 15.9 Å². The maximum Gasteiger partial charge on any atom is 0.242 e. The van der Waals surface area contributed by atoms with E-state index >= 15 is 0 Å². The van der Waals surface area contributed by atoms with Crippen molar-refractivity contribution in [3.8, 4) is 0 Å². The van der Waals surface area contributed by atoms with Crippen molar-refractivity contribution < 1.29 is 4.79 Å². The molecule has 1 amide bonds. The number of amides is 1. The second-order valence-electron chi connectivity index (χ2n) is 4.36. The number of halogens is 1. The normalized spacial score (nSPS) is 12.3. The van der Waals surface area contributed by atoms with Crippen LogP contribution in [0.25, 0.3) is 0 Å². The Labute approximate surface area is 110 Å². The lowest BCUT2D eigenvalue weighted by Gasteiger charge is -2.16. The maximum absolute atomic E-state index is 11.8. The molecule has 17 heavy (non-hydrogen) atoms. The molecule has 0 aromatic carbocycles. The van der Waals surface area contributed by atoms with Crippen molar-refractivity contribution in [1.29, 1.82) is 0 Å². The van der Waals surface area contributed by atoms with Gasteiger partial charge in [0, 0.05) is 18.9 Å². The molecule has 1 heterocycles. The molecule has 0 aliphatic heterocycles. The third kappa shape index (κ3) is 4.73. The summed E-state index contributed by atoms with van der Waals surface area (Å²) in [6.45, 7) is 6.67. The molecule has 1 rings (SSSR count). The fourth-order valence-electron chi connectivity index (χ4n) is 1.25. The molecule has 2 N–H and O–H groups in total. The zero-order chi connectivity index (χ0) is 12.8. The highest BCUT2D eigenvalue weighted by molar-refractivity contribution is 9.10. The molecule has 0 spiro atoms. The first kappa shape index (κ1) is 14.0. The van der Waals surface area contributed by atoms with Crippen LogP contribution in [0.4, 0.5) is 5.69 Å². The van der Waals surface area contributed by atoms with Crippen molar-refractivity contribution in [3.05, 3.63) is 22.9 Å². The minimum absolute atomic E-state index is 0.00223. The van der Waals surface area contributed by atoms with Crippen LogP contribution in [0.1, 0.15) is 20.8 Å². The molecule has 0 saturated carbocycles. The Balaban J connectivity index is 2.51. The number of rotatable bonds is 5. The Hall–Kier alpha value is -1.10. The van der Waals surface area contributed by atoms with Gasteiger partial charge < -0.3 is 10.6 Å². The van der Waals surface area contributed by atoms with E-state index in [1.807, 2.05) is 13.0 Å². The fraction of sp³-hybridized carbons (Fsp3) is 0.500. The molecule has 0 bridgehead atoms. The van der Waals surface area contributed by atoms with Crippen molar-refractivity contribution in [1.82, 2.24) is 10.3 Å². The summed E-state index contributed by atoms with van der Waals surface area (Å²) in [5, 5.41) is 6.02. The molecule has 1 atom stereocenters. The molecule has 5 heteroatoms. The average molecular weight is 300 g/mol. The summed E-state index contributed by atoms with van der Waals surface area (Å²) in [6, 6.07) is 1.56. The third-order valence-corrected chi connectivity index (χ3v) is 2.85. The van der Waals surface area contributed by atoms with Crippen LogP contribution in [0.3, 0.4) is 0 Å². The lowest BCUT2D eigenvalue weighted by molar-refractivity contribution is -0.121. The number of carbonyl (C=O) groups is 1. The second-order valence-corrected chi connectivity index (χ2v) is 5.21. The van der Waals surface area contributed by atoms with Crippen LogP contribution in [0, 0.1) is 5.92 Å². The number of nitrogens with one attached hydrogen (secondary N) is 2. The number of hydrogen-bond donors (Lipinski definition) is 2. The molecule has 0 aliphatic rings. The molecule has 0 aliphatic carbocycles. The Morgan fingerprint density at radius 2 is 2.18 bits per heavy atom. The van der Waals surface area contributed by atoms with Crippen LogP contribution in [-0.4, -0.2) is 23.5 Å². The number of carbonyl (C=O) groups excluding carboxylic acids is 1. The molecule has 0 radical (unpaired) electrons. The SMILES string of the molecule is CC(C)CNC(=O)C(C)Nc1ccncc1Br. The summed E-state index contributed by atoms with van der Waals surface area (Å²) in [6.07, 6.45) is 3.38. The molecular formula is C12H18BrN3O. The van der Waals surface area contributed by atoms with E-state index in [9.17, 15) is 4.79 Å². The zero-order valence-corrected chi connectivity index (χ0v) is 11.9. The highest BCUT2D eigenvalue weighted by Gasteiger charge is 2.13. The van der Waals surface area contributed by atoms with Crippen LogP contribution in [0.2, 0.25) is 0 Å². The highest BCUT2D eigenvalue weighted by Crippen LogP contribution is 2.20. The minimum atomic E-state index is -0.271. The van der Waals surface area contributed by atoms with Gasteiger partial charge >= 0.3 is 0 Å². The Bertz CT molecular complexity index is 382. The largest absolute Gasteiger partial charge is 0.373 e. The Morgan fingerprint density at radius 1 is 1.47 bits per heavy atom. The molecule has 1 aromatic rings. The fourth-order valence-corrected chi connectivity index (χ4v) is 1.61. The van der Waals surface area contributed by atoms with Gasteiger partial charge in [-0.3, -0.25) is 9.78 Å². The van der Waals surface area contributed by atoms with Gasteiger partial charge in [0.15, 0.2) is 0 Å². The van der Waals surface area contributed by atoms with Crippen molar-refractivity contribution in [2.45, 2.75) is 26.8 Å². The van der Waals surface area contributed by atoms with Crippen molar-refractivity contribution >= 4 is 27.5 Å². The molecule has 1 unspecified atom stereocenters. The number of anilines is 1. The molecule has 0 fully saturated rings. The lowest BCUT2D eigenvalue weighted by Crippen LogP contribution is -2.39. The van der Waals surface area contributed by atoms with Gasteiger partial charge in [-0.15, -0.1) is 0 Å². The average Bonchev–Trinajstić information content (AvgIpc) is 2.28. The topological polar surface area (TPSA) is 54.0 Å². The van der Waals surface area contributed by atoms with Crippen LogP contribution in [0.5, 0.6) is 0 Å². The number of aromatic nitrogens is 1. The van der Waals surface area contributed by atoms with E-state index in [4.69, 9.17) is 0 Å². The number of pyridine rings is 1. The van der Waals surface area contributed by atoms with Crippen molar-refractivity contribution in [3.63, 3.8) is 0 Å². The smallest absolute Gasteiger partial charge is 0.242 e. The summed E-state index contributed by atoms with van der Waals surface area (Å²) in [7, 11) is 0. The van der Waals surface area contributed by atoms with Crippen molar-refractivity contribution in [2.75, 3.05) is 11.9 Å².